The van der Waals surface area contributed by atoms with Crippen molar-refractivity contribution in [2.45, 2.75) is 56.6 Å². The molecule has 8 N–H and O–H groups in total. The first-order valence-electron chi connectivity index (χ1n) is 6.36. The standard InChI is InChI=1S/2C6H12O5/c2*1-3(8)5(10)6(11)4(9)2-7/h3,5-8,10-11H,2H2,1H3;2-6,8-11H,1H3/t3-,5+,6-;3-,4+,5+,6-/m00/s1. The van der Waals surface area contributed by atoms with Gasteiger partial charge in [0.05, 0.1) is 12.2 Å². The van der Waals surface area contributed by atoms with Crippen molar-refractivity contribution in [2.75, 3.05) is 6.61 Å². The predicted molar refractivity (Wildman–Crippen MR) is 71.6 cm³/mol. The van der Waals surface area contributed by atoms with Crippen molar-refractivity contribution in [1.82, 2.24) is 0 Å². The van der Waals surface area contributed by atoms with Crippen molar-refractivity contribution < 1.29 is 50.4 Å². The van der Waals surface area contributed by atoms with Gasteiger partial charge in [-0.3, -0.25) is 4.79 Å². The molecule has 0 heterocycles. The molecule has 0 radical (unpaired) electrons. The summed E-state index contributed by atoms with van der Waals surface area (Å²) in [6.45, 7) is 1.63. The number of aliphatic hydroxyl groups excluding tert-OH is 8. The molecule has 0 spiro atoms. The summed E-state index contributed by atoms with van der Waals surface area (Å²) in [5.41, 5.74) is 0. The van der Waals surface area contributed by atoms with Crippen molar-refractivity contribution in [3.63, 3.8) is 0 Å². The minimum atomic E-state index is -1.71. The van der Waals surface area contributed by atoms with E-state index < -0.39 is 55.1 Å². The van der Waals surface area contributed by atoms with Gasteiger partial charge in [-0.1, -0.05) is 0 Å². The maximum atomic E-state index is 10.5. The van der Waals surface area contributed by atoms with E-state index in [0.29, 0.717) is 0 Å². The van der Waals surface area contributed by atoms with Gasteiger partial charge in [0, 0.05) is 0 Å². The fourth-order valence-electron chi connectivity index (χ4n) is 1.12. The minimum absolute atomic E-state index is 0.0935. The van der Waals surface area contributed by atoms with Crippen LogP contribution in [0.3, 0.4) is 0 Å². The number of rotatable bonds is 8. The van der Waals surface area contributed by atoms with Crippen molar-refractivity contribution in [3.05, 3.63) is 0 Å². The van der Waals surface area contributed by atoms with Gasteiger partial charge in [-0.05, 0) is 13.8 Å². The summed E-state index contributed by atoms with van der Waals surface area (Å²) in [5.74, 6) is -0.904. The fraction of sp³-hybridized carbons (Fsp3) is 0.833. The van der Waals surface area contributed by atoms with Crippen LogP contribution in [0.5, 0.6) is 0 Å². The second kappa shape index (κ2) is 11.6. The molecule has 0 saturated heterocycles. The summed E-state index contributed by atoms with van der Waals surface area (Å²) in [4.78, 5) is 20.4. The van der Waals surface area contributed by atoms with E-state index in [9.17, 15) is 9.59 Å². The first-order valence-corrected chi connectivity index (χ1v) is 6.36. The van der Waals surface area contributed by atoms with Crippen LogP contribution in [0, 0.1) is 0 Å². The van der Waals surface area contributed by atoms with E-state index in [1.807, 2.05) is 0 Å². The lowest BCUT2D eigenvalue weighted by Gasteiger charge is -2.21. The van der Waals surface area contributed by atoms with Crippen molar-refractivity contribution >= 4 is 12.1 Å². The van der Waals surface area contributed by atoms with Gasteiger partial charge < -0.3 is 45.6 Å². The lowest BCUT2D eigenvalue weighted by atomic mass is 10.1. The molecule has 132 valence electrons. The smallest absolute Gasteiger partial charge is 0.189 e. The SMILES string of the molecule is C[C@H](O)[C@@H](O)[C@@H](O)C(=O)CO.C[C@H](O)[C@@H](O)[C@@H](O)[C@H](O)C=O. The largest absolute Gasteiger partial charge is 0.391 e. The van der Waals surface area contributed by atoms with Gasteiger partial charge in [-0.15, -0.1) is 0 Å². The number of ketones is 1. The normalized spacial score (nSPS) is 20.5. The zero-order valence-corrected chi connectivity index (χ0v) is 12.2. The summed E-state index contributed by atoms with van der Waals surface area (Å²) < 4.78 is 0. The Morgan fingerprint density at radius 2 is 1.27 bits per heavy atom. The zero-order chi connectivity index (χ0) is 18.0. The van der Waals surface area contributed by atoms with Gasteiger partial charge in [0.25, 0.3) is 0 Å². The number of hydrogen-bond donors (Lipinski definition) is 8. The Morgan fingerprint density at radius 3 is 1.55 bits per heavy atom. The quantitative estimate of drug-likeness (QED) is 0.200. The van der Waals surface area contributed by atoms with Gasteiger partial charge in [0.15, 0.2) is 12.1 Å². The van der Waals surface area contributed by atoms with Crippen molar-refractivity contribution in [3.8, 4) is 0 Å². The maximum Gasteiger partial charge on any atom is 0.189 e. The lowest BCUT2D eigenvalue weighted by molar-refractivity contribution is -0.140. The Bertz CT molecular complexity index is 319. The van der Waals surface area contributed by atoms with Gasteiger partial charge in [0.2, 0.25) is 0 Å². The molecule has 7 atom stereocenters. The highest BCUT2D eigenvalue weighted by Crippen LogP contribution is 2.02. The molecule has 10 nitrogen and oxygen atoms in total. The highest BCUT2D eigenvalue weighted by molar-refractivity contribution is 5.84. The average Bonchev–Trinajstić information content (AvgIpc) is 2.50. The van der Waals surface area contributed by atoms with Crippen LogP contribution in [0.2, 0.25) is 0 Å². The molecule has 0 fully saturated rings. The molecule has 22 heavy (non-hydrogen) atoms. The van der Waals surface area contributed by atoms with Crippen LogP contribution in [0.25, 0.3) is 0 Å². The zero-order valence-electron chi connectivity index (χ0n) is 12.2. The molecular weight excluding hydrogens is 304 g/mol. The first-order chi connectivity index (χ1) is 10.0. The number of aliphatic hydroxyl groups is 8. The molecule has 0 amide bonds. The van der Waals surface area contributed by atoms with Crippen molar-refractivity contribution in [2.24, 2.45) is 0 Å². The van der Waals surface area contributed by atoms with Crippen LogP contribution in [-0.4, -0.2) is 102 Å². The molecule has 0 aliphatic rings. The van der Waals surface area contributed by atoms with E-state index >= 15 is 0 Å². The molecule has 0 unspecified atom stereocenters. The van der Waals surface area contributed by atoms with E-state index in [0.717, 1.165) is 0 Å². The summed E-state index contributed by atoms with van der Waals surface area (Å²) in [5, 5.41) is 69.7. The monoisotopic (exact) mass is 328 g/mol. The molecule has 0 aliphatic carbocycles. The summed E-state index contributed by atoms with van der Waals surface area (Å²) in [6, 6.07) is 0. The van der Waals surface area contributed by atoms with Crippen LogP contribution in [-0.2, 0) is 9.59 Å². The molecule has 0 aromatic heterocycles. The third-order valence-electron chi connectivity index (χ3n) is 2.64. The molecular formula is C12H24O10. The molecule has 0 aromatic carbocycles. The van der Waals surface area contributed by atoms with Gasteiger partial charge in [-0.2, -0.15) is 0 Å². The molecule has 0 bridgehead atoms. The minimum Gasteiger partial charge on any atom is -0.391 e. The van der Waals surface area contributed by atoms with Crippen LogP contribution < -0.4 is 0 Å². The van der Waals surface area contributed by atoms with Gasteiger partial charge in [-0.25, -0.2) is 0 Å². The van der Waals surface area contributed by atoms with E-state index in [-0.39, 0.29) is 6.29 Å². The topological polar surface area (TPSA) is 196 Å². The van der Waals surface area contributed by atoms with E-state index in [4.69, 9.17) is 40.9 Å². The first kappa shape index (κ1) is 23.3. The van der Waals surface area contributed by atoms with E-state index in [1.165, 1.54) is 13.8 Å². The highest BCUT2D eigenvalue weighted by atomic mass is 16.4. The second-order valence-electron chi connectivity index (χ2n) is 4.65. The lowest BCUT2D eigenvalue weighted by Crippen LogP contribution is -2.43. The Morgan fingerprint density at radius 1 is 0.864 bits per heavy atom. The van der Waals surface area contributed by atoms with E-state index in [2.05, 4.69) is 0 Å². The van der Waals surface area contributed by atoms with Gasteiger partial charge in [0.1, 0.15) is 37.1 Å². The Balaban J connectivity index is 0. The molecule has 0 saturated carbocycles. The van der Waals surface area contributed by atoms with Crippen LogP contribution >= 0.6 is 0 Å². The number of carbonyl (C=O) groups excluding carboxylic acids is 2. The van der Waals surface area contributed by atoms with Gasteiger partial charge >= 0.3 is 0 Å². The average molecular weight is 328 g/mol. The van der Waals surface area contributed by atoms with Crippen molar-refractivity contribution in [1.29, 1.82) is 0 Å². The predicted octanol–water partition coefficient (Wildman–Crippen LogP) is -4.70. The summed E-state index contributed by atoms with van der Waals surface area (Å²) in [7, 11) is 0. The molecule has 10 heteroatoms. The fourth-order valence-corrected chi connectivity index (χ4v) is 1.12. The summed E-state index contributed by atoms with van der Waals surface area (Å²) in [6.07, 6.45) is -10.3. The molecule has 0 rings (SSSR count). The van der Waals surface area contributed by atoms with E-state index in [1.54, 1.807) is 0 Å². The molecule has 0 aromatic rings. The van der Waals surface area contributed by atoms with Crippen LogP contribution in [0.15, 0.2) is 0 Å². The third-order valence-corrected chi connectivity index (χ3v) is 2.64. The number of aldehydes is 1. The summed E-state index contributed by atoms with van der Waals surface area (Å²) >= 11 is 0. The number of hydrogen-bond acceptors (Lipinski definition) is 10. The Hall–Kier alpha value is -0.980. The Kier molecular flexibility index (Phi) is 12.2. The number of Topliss-reactive ketones (excluding diaryl/α,β-unsaturated/α-hetero) is 1. The maximum absolute atomic E-state index is 10.5. The van der Waals surface area contributed by atoms with Crippen LogP contribution in [0.4, 0.5) is 0 Å². The molecule has 0 aliphatic heterocycles. The highest BCUT2D eigenvalue weighted by Gasteiger charge is 2.27. The van der Waals surface area contributed by atoms with Crippen LogP contribution in [0.1, 0.15) is 13.8 Å². The number of carbonyl (C=O) groups is 2. The third kappa shape index (κ3) is 8.46. The Labute approximate surface area is 126 Å². The second-order valence-corrected chi connectivity index (χ2v) is 4.65.